The van der Waals surface area contributed by atoms with E-state index in [1.807, 2.05) is 21.7 Å². The first-order valence-electron chi connectivity index (χ1n) is 7.65. The van der Waals surface area contributed by atoms with Crippen LogP contribution in [0.25, 0.3) is 0 Å². The minimum Gasteiger partial charge on any atom is -0.346 e. The molecule has 0 radical (unpaired) electrons. The van der Waals surface area contributed by atoms with Gasteiger partial charge in [0.05, 0.1) is 0 Å². The molecule has 0 fully saturated rings. The molecule has 0 unspecified atom stereocenters. The monoisotopic (exact) mass is 357 g/mol. The minimum absolute atomic E-state index is 0.130. The molecule has 1 aliphatic heterocycles. The van der Waals surface area contributed by atoms with Gasteiger partial charge in [-0.1, -0.05) is 0 Å². The van der Waals surface area contributed by atoms with Gasteiger partial charge in [-0.3, -0.25) is 9.69 Å². The summed E-state index contributed by atoms with van der Waals surface area (Å²) >= 11 is 3.08. The summed E-state index contributed by atoms with van der Waals surface area (Å²) in [6.07, 6.45) is 5.38. The predicted octanol–water partition coefficient (Wildman–Crippen LogP) is 3.01. The Bertz CT molecular complexity index is 832. The number of carbonyl (C=O) groups excluding carboxylic acids is 1. The van der Waals surface area contributed by atoms with Crippen molar-refractivity contribution in [2.45, 2.75) is 19.4 Å². The number of carbonyl (C=O) groups is 1. The number of fused-ring (bicyclic) bond motifs is 1. The number of thiophene rings is 1. The number of rotatable bonds is 4. The molecule has 0 atom stereocenters. The lowest BCUT2D eigenvalue weighted by atomic mass is 10.2. The van der Waals surface area contributed by atoms with Crippen LogP contribution in [0.3, 0.4) is 0 Å². The molecule has 24 heavy (non-hydrogen) atoms. The van der Waals surface area contributed by atoms with E-state index in [-0.39, 0.29) is 5.91 Å². The van der Waals surface area contributed by atoms with Gasteiger partial charge in [-0.05, 0) is 41.3 Å². The second kappa shape index (κ2) is 6.66. The molecule has 1 aliphatic rings. The maximum Gasteiger partial charge on any atom is 0.280 e. The second-order valence-electron chi connectivity index (χ2n) is 5.38. The molecular formula is C16H15N5OS2. The fourth-order valence-electron chi connectivity index (χ4n) is 2.59. The van der Waals surface area contributed by atoms with Gasteiger partial charge in [-0.2, -0.15) is 11.3 Å². The average molecular weight is 357 g/mol. The summed E-state index contributed by atoms with van der Waals surface area (Å²) in [5, 5.41) is 7.46. The summed E-state index contributed by atoms with van der Waals surface area (Å²) in [5.41, 5.74) is 1.11. The zero-order valence-corrected chi connectivity index (χ0v) is 14.4. The average Bonchev–Trinajstić information content (AvgIpc) is 3.29. The molecule has 0 saturated carbocycles. The molecular weight excluding hydrogens is 342 g/mol. The van der Waals surface area contributed by atoms with E-state index in [0.717, 1.165) is 35.6 Å². The highest BCUT2D eigenvalue weighted by molar-refractivity contribution is 7.14. The van der Waals surface area contributed by atoms with E-state index >= 15 is 0 Å². The van der Waals surface area contributed by atoms with Gasteiger partial charge in [-0.15, -0.1) is 11.3 Å². The molecule has 3 aromatic rings. The van der Waals surface area contributed by atoms with Crippen LogP contribution >= 0.6 is 22.7 Å². The number of thiazole rings is 1. The van der Waals surface area contributed by atoms with Gasteiger partial charge in [0.1, 0.15) is 0 Å². The lowest BCUT2D eigenvalue weighted by Gasteiger charge is -2.25. The van der Waals surface area contributed by atoms with E-state index in [1.165, 1.54) is 11.3 Å². The van der Waals surface area contributed by atoms with E-state index < -0.39 is 0 Å². The number of aryl methyl sites for hydroxylation is 1. The topological polar surface area (TPSA) is 71.0 Å². The Hall–Kier alpha value is -2.32. The van der Waals surface area contributed by atoms with E-state index in [1.54, 1.807) is 29.8 Å². The van der Waals surface area contributed by atoms with Crippen molar-refractivity contribution in [3.8, 4) is 0 Å². The number of aromatic nitrogens is 3. The van der Waals surface area contributed by atoms with Crippen LogP contribution in [0.2, 0.25) is 0 Å². The largest absolute Gasteiger partial charge is 0.346 e. The van der Waals surface area contributed by atoms with Crippen LogP contribution in [0.4, 0.5) is 11.8 Å². The Kier molecular flexibility index (Phi) is 4.22. The Morgan fingerprint density at radius 2 is 2.21 bits per heavy atom. The van der Waals surface area contributed by atoms with Gasteiger partial charge in [0, 0.05) is 30.4 Å². The number of hydrogen-bond acceptors (Lipinski definition) is 7. The van der Waals surface area contributed by atoms with Crippen molar-refractivity contribution in [1.29, 1.82) is 0 Å². The van der Waals surface area contributed by atoms with Gasteiger partial charge in [0.25, 0.3) is 5.91 Å². The van der Waals surface area contributed by atoms with Crippen molar-refractivity contribution < 1.29 is 4.79 Å². The van der Waals surface area contributed by atoms with Crippen molar-refractivity contribution in [2.75, 3.05) is 11.4 Å². The quantitative estimate of drug-likeness (QED) is 0.777. The molecule has 0 aliphatic carbocycles. The molecule has 0 aromatic carbocycles. The Morgan fingerprint density at radius 3 is 3.00 bits per heavy atom. The molecule has 122 valence electrons. The minimum atomic E-state index is -0.130. The molecule has 6 nitrogen and oxygen atoms in total. The van der Waals surface area contributed by atoms with Crippen molar-refractivity contribution in [3.63, 3.8) is 0 Å². The van der Waals surface area contributed by atoms with E-state index in [0.29, 0.717) is 17.5 Å². The number of nitrogens with zero attached hydrogens (tertiary/aromatic N) is 4. The van der Waals surface area contributed by atoms with E-state index in [9.17, 15) is 4.79 Å². The van der Waals surface area contributed by atoms with Crippen LogP contribution in [-0.4, -0.2) is 27.4 Å². The van der Waals surface area contributed by atoms with Crippen LogP contribution in [0, 0.1) is 0 Å². The number of hydrogen-bond donors (Lipinski definition) is 1. The molecule has 4 heterocycles. The van der Waals surface area contributed by atoms with E-state index in [4.69, 9.17) is 0 Å². The van der Waals surface area contributed by atoms with Crippen LogP contribution in [-0.2, 0) is 13.0 Å². The highest BCUT2D eigenvalue weighted by atomic mass is 32.1. The third kappa shape index (κ3) is 3.02. The lowest BCUT2D eigenvalue weighted by Crippen LogP contribution is -2.26. The van der Waals surface area contributed by atoms with Crippen molar-refractivity contribution in [3.05, 3.63) is 50.7 Å². The summed E-state index contributed by atoms with van der Waals surface area (Å²) < 4.78 is 0. The number of amides is 1. The highest BCUT2D eigenvalue weighted by Crippen LogP contribution is 2.34. The zero-order valence-electron chi connectivity index (χ0n) is 12.8. The summed E-state index contributed by atoms with van der Waals surface area (Å²) in [6.45, 7) is 1.34. The van der Waals surface area contributed by atoms with Gasteiger partial charge in [0.2, 0.25) is 5.95 Å². The molecule has 1 N–H and O–H groups in total. The van der Waals surface area contributed by atoms with Crippen molar-refractivity contribution in [1.82, 2.24) is 20.3 Å². The summed E-state index contributed by atoms with van der Waals surface area (Å²) in [4.78, 5) is 28.7. The summed E-state index contributed by atoms with van der Waals surface area (Å²) in [5.74, 6) is 1.32. The van der Waals surface area contributed by atoms with Gasteiger partial charge in [0.15, 0.2) is 10.8 Å². The van der Waals surface area contributed by atoms with Gasteiger partial charge in [-0.25, -0.2) is 15.0 Å². The number of nitrogens with one attached hydrogen (secondary N) is 1. The van der Waals surface area contributed by atoms with Crippen molar-refractivity contribution in [2.24, 2.45) is 0 Å². The first-order valence-corrected chi connectivity index (χ1v) is 9.41. The maximum absolute atomic E-state index is 12.4. The van der Waals surface area contributed by atoms with Gasteiger partial charge >= 0.3 is 0 Å². The fourth-order valence-corrected chi connectivity index (χ4v) is 4.29. The first kappa shape index (κ1) is 15.2. The lowest BCUT2D eigenvalue weighted by molar-refractivity contribution is 0.0950. The molecule has 4 rings (SSSR count). The number of anilines is 2. The molecule has 3 aromatic heterocycles. The standard InChI is InChI=1S/C16H15N5OS2/c22-14(19-9-11-4-8-23-10-11)15-20-13-12(24-15)3-1-7-21(13)16-17-5-2-6-18-16/h2,4-6,8,10H,1,3,7,9H2,(H,19,22). The molecule has 0 bridgehead atoms. The fraction of sp³-hybridized carbons (Fsp3) is 0.250. The van der Waals surface area contributed by atoms with Gasteiger partial charge < -0.3 is 5.32 Å². The first-order chi connectivity index (χ1) is 11.8. The van der Waals surface area contributed by atoms with E-state index in [2.05, 4.69) is 20.3 Å². The predicted molar refractivity (Wildman–Crippen MR) is 95.0 cm³/mol. The highest BCUT2D eigenvalue weighted by Gasteiger charge is 2.26. The third-order valence-electron chi connectivity index (χ3n) is 3.74. The normalized spacial score (nSPS) is 13.6. The molecule has 1 amide bonds. The van der Waals surface area contributed by atoms with Crippen LogP contribution in [0.5, 0.6) is 0 Å². The third-order valence-corrected chi connectivity index (χ3v) is 5.57. The molecule has 0 spiro atoms. The van der Waals surface area contributed by atoms with Crippen LogP contribution in [0.15, 0.2) is 35.3 Å². The SMILES string of the molecule is O=C(NCc1ccsc1)c1nc2c(s1)CCCN2c1ncccn1. The zero-order chi connectivity index (χ0) is 16.4. The summed E-state index contributed by atoms with van der Waals surface area (Å²) in [6, 6.07) is 3.80. The van der Waals surface area contributed by atoms with Crippen LogP contribution in [0.1, 0.15) is 26.7 Å². The molecule has 8 heteroatoms. The maximum atomic E-state index is 12.4. The Morgan fingerprint density at radius 1 is 1.33 bits per heavy atom. The van der Waals surface area contributed by atoms with Crippen molar-refractivity contribution >= 4 is 40.3 Å². The Balaban J connectivity index is 1.54. The summed E-state index contributed by atoms with van der Waals surface area (Å²) in [7, 11) is 0. The molecule has 0 saturated heterocycles. The second-order valence-corrected chi connectivity index (χ2v) is 7.25. The smallest absolute Gasteiger partial charge is 0.280 e. The van der Waals surface area contributed by atoms with Crippen LogP contribution < -0.4 is 10.2 Å². The Labute approximate surface area is 147 Å².